The van der Waals surface area contributed by atoms with E-state index in [9.17, 15) is 9.59 Å². The molecule has 0 spiro atoms. The lowest BCUT2D eigenvalue weighted by Gasteiger charge is -1.96. The molecule has 72 valence electrons. The first-order chi connectivity index (χ1) is 6.41. The molecule has 0 aromatic rings. The summed E-state index contributed by atoms with van der Waals surface area (Å²) < 4.78 is 0. The van der Waals surface area contributed by atoms with Gasteiger partial charge in [-0.2, -0.15) is 0 Å². The topological polar surface area (TPSA) is 46.5 Å². The van der Waals surface area contributed by atoms with Crippen LogP contribution in [-0.2, 0) is 9.59 Å². The number of allylic oxidation sites excluding steroid dienone is 1. The molecule has 0 aliphatic carbocycles. The molecule has 0 unspecified atom stereocenters. The van der Waals surface area contributed by atoms with Crippen molar-refractivity contribution >= 4 is 12.0 Å². The Kier molecular flexibility index (Phi) is 9.86. The molecule has 0 aliphatic rings. The summed E-state index contributed by atoms with van der Waals surface area (Å²) in [5.74, 6) is 1.75. The van der Waals surface area contributed by atoms with Crippen molar-refractivity contribution in [2.24, 2.45) is 4.99 Å². The summed E-state index contributed by atoms with van der Waals surface area (Å²) in [6, 6.07) is 0. The Morgan fingerprint density at radius 1 is 1.00 bits per heavy atom. The lowest BCUT2D eigenvalue weighted by Crippen LogP contribution is -1.82. The summed E-state index contributed by atoms with van der Waals surface area (Å²) in [5, 5.41) is 0. The fourth-order valence-corrected chi connectivity index (χ4v) is 1.07. The Labute approximate surface area is 78.6 Å². The highest BCUT2D eigenvalue weighted by molar-refractivity contribution is 5.44. The van der Waals surface area contributed by atoms with E-state index < -0.39 is 0 Å². The molecule has 0 heterocycles. The maximum Gasteiger partial charge on any atom is 0.234 e. The minimum absolute atomic E-state index is 0.595. The van der Waals surface area contributed by atoms with E-state index in [-0.39, 0.29) is 0 Å². The molecule has 0 aromatic heterocycles. The van der Waals surface area contributed by atoms with E-state index in [0.717, 1.165) is 38.5 Å². The second-order valence-electron chi connectivity index (χ2n) is 2.85. The summed E-state index contributed by atoms with van der Waals surface area (Å²) in [6.45, 7) is 0.595. The fourth-order valence-electron chi connectivity index (χ4n) is 1.07. The number of hydrogen-bond donors (Lipinski definition) is 0. The molecule has 0 radical (unpaired) electrons. The van der Waals surface area contributed by atoms with Crippen molar-refractivity contribution in [1.29, 1.82) is 0 Å². The Balaban J connectivity index is 2.99. The third-order valence-electron chi connectivity index (χ3n) is 1.77. The lowest BCUT2D eigenvalue weighted by molar-refractivity contribution is 0.560. The van der Waals surface area contributed by atoms with Crippen molar-refractivity contribution in [3.05, 3.63) is 6.08 Å². The zero-order valence-electron chi connectivity index (χ0n) is 7.79. The van der Waals surface area contributed by atoms with Crippen LogP contribution < -0.4 is 0 Å². The maximum absolute atomic E-state index is 9.78. The zero-order chi connectivity index (χ0) is 9.78. The Morgan fingerprint density at radius 2 is 1.69 bits per heavy atom. The van der Waals surface area contributed by atoms with Gasteiger partial charge in [-0.25, -0.2) is 14.6 Å². The molecule has 0 amide bonds. The summed E-state index contributed by atoms with van der Waals surface area (Å²) in [5.41, 5.74) is 0. The molecule has 3 nitrogen and oxygen atoms in total. The van der Waals surface area contributed by atoms with Crippen LogP contribution in [0.1, 0.15) is 38.5 Å². The number of nitrogens with zero attached hydrogens (tertiary/aromatic N) is 1. The smallest absolute Gasteiger partial charge is 0.234 e. The second kappa shape index (κ2) is 10.8. The van der Waals surface area contributed by atoms with Gasteiger partial charge in [0.15, 0.2) is 0 Å². The van der Waals surface area contributed by atoms with Crippen molar-refractivity contribution in [2.75, 3.05) is 6.54 Å². The summed E-state index contributed by atoms with van der Waals surface area (Å²) in [4.78, 5) is 22.9. The molecule has 0 bridgehead atoms. The standard InChI is InChI=1S/C10H15NO2/c12-9-7-5-3-1-2-4-6-8-11-10-13/h7H,1-6,8H2. The Hall–Kier alpha value is -1.17. The predicted octanol–water partition coefficient (Wildman–Crippen LogP) is 2.05. The molecule has 0 aromatic carbocycles. The highest BCUT2D eigenvalue weighted by atomic mass is 16.1. The van der Waals surface area contributed by atoms with E-state index >= 15 is 0 Å². The first-order valence-electron chi connectivity index (χ1n) is 4.65. The third kappa shape index (κ3) is 10.8. The molecule has 0 aliphatic heterocycles. The third-order valence-corrected chi connectivity index (χ3v) is 1.77. The SMILES string of the molecule is O=C=CCCCCCCCN=C=O. The van der Waals surface area contributed by atoms with Crippen LogP contribution in [-0.4, -0.2) is 18.6 Å². The zero-order valence-corrected chi connectivity index (χ0v) is 7.79. The van der Waals surface area contributed by atoms with Crippen molar-refractivity contribution < 1.29 is 9.59 Å². The van der Waals surface area contributed by atoms with Gasteiger partial charge in [0.25, 0.3) is 0 Å². The molecule has 3 heteroatoms. The van der Waals surface area contributed by atoms with Crippen molar-refractivity contribution in [2.45, 2.75) is 38.5 Å². The fraction of sp³-hybridized carbons (Fsp3) is 0.700. The lowest BCUT2D eigenvalue weighted by atomic mass is 10.1. The van der Waals surface area contributed by atoms with E-state index in [4.69, 9.17) is 0 Å². The van der Waals surface area contributed by atoms with Crippen molar-refractivity contribution in [3.8, 4) is 0 Å². The van der Waals surface area contributed by atoms with Gasteiger partial charge in [-0.15, -0.1) is 0 Å². The van der Waals surface area contributed by atoms with Gasteiger partial charge < -0.3 is 0 Å². The molecule has 0 fully saturated rings. The minimum atomic E-state index is 0.595. The van der Waals surface area contributed by atoms with E-state index in [1.165, 1.54) is 12.2 Å². The van der Waals surface area contributed by atoms with Crippen LogP contribution in [0.3, 0.4) is 0 Å². The van der Waals surface area contributed by atoms with Crippen LogP contribution in [0.5, 0.6) is 0 Å². The molecular formula is C10H15NO2. The maximum atomic E-state index is 9.78. The van der Waals surface area contributed by atoms with Crippen LogP contribution >= 0.6 is 0 Å². The molecule has 0 rings (SSSR count). The molecule has 0 N–H and O–H groups in total. The van der Waals surface area contributed by atoms with Gasteiger partial charge in [-0.1, -0.05) is 19.3 Å². The van der Waals surface area contributed by atoms with Gasteiger partial charge in [-0.3, -0.25) is 0 Å². The summed E-state index contributed by atoms with van der Waals surface area (Å²) >= 11 is 0. The number of unbranched alkanes of at least 4 members (excludes halogenated alkanes) is 5. The number of isocyanates is 1. The van der Waals surface area contributed by atoms with E-state index in [2.05, 4.69) is 4.99 Å². The van der Waals surface area contributed by atoms with E-state index in [1.54, 1.807) is 5.94 Å². The van der Waals surface area contributed by atoms with Gasteiger partial charge in [0.2, 0.25) is 6.08 Å². The normalized spacial score (nSPS) is 8.62. The largest absolute Gasteiger partial charge is 0.234 e. The highest BCUT2D eigenvalue weighted by Crippen LogP contribution is 2.05. The van der Waals surface area contributed by atoms with E-state index in [1.807, 2.05) is 0 Å². The quantitative estimate of drug-likeness (QED) is 0.249. The Morgan fingerprint density at radius 3 is 2.38 bits per heavy atom. The number of aliphatic imine (C=N–C) groups is 1. The van der Waals surface area contributed by atoms with Crippen LogP contribution in [0.25, 0.3) is 0 Å². The van der Waals surface area contributed by atoms with Gasteiger partial charge in [0, 0.05) is 0 Å². The van der Waals surface area contributed by atoms with Crippen molar-refractivity contribution in [1.82, 2.24) is 0 Å². The minimum Gasteiger partial charge on any atom is -0.234 e. The van der Waals surface area contributed by atoms with Crippen molar-refractivity contribution in [3.63, 3.8) is 0 Å². The number of hydrogen-bond acceptors (Lipinski definition) is 3. The predicted molar refractivity (Wildman–Crippen MR) is 51.0 cm³/mol. The number of rotatable bonds is 8. The van der Waals surface area contributed by atoms with Gasteiger partial charge in [0.05, 0.1) is 6.54 Å². The average molecular weight is 181 g/mol. The molecule has 0 atom stereocenters. The number of carbonyl (C=O) groups excluding carboxylic acids is 2. The van der Waals surface area contributed by atoms with Crippen LogP contribution in [0.4, 0.5) is 0 Å². The first kappa shape index (κ1) is 11.8. The summed E-state index contributed by atoms with van der Waals surface area (Å²) in [6.07, 6.45) is 9.23. The monoisotopic (exact) mass is 181 g/mol. The first-order valence-corrected chi connectivity index (χ1v) is 4.65. The van der Waals surface area contributed by atoms with Gasteiger partial charge in [0.1, 0.15) is 5.94 Å². The second-order valence-corrected chi connectivity index (χ2v) is 2.85. The van der Waals surface area contributed by atoms with Gasteiger partial charge >= 0.3 is 0 Å². The molecule has 13 heavy (non-hydrogen) atoms. The van der Waals surface area contributed by atoms with Gasteiger partial charge in [-0.05, 0) is 25.3 Å². The molecule has 0 saturated carbocycles. The summed E-state index contributed by atoms with van der Waals surface area (Å²) in [7, 11) is 0. The van der Waals surface area contributed by atoms with Crippen LogP contribution in [0.15, 0.2) is 11.1 Å². The Bertz CT molecular complexity index is 179. The van der Waals surface area contributed by atoms with Crippen LogP contribution in [0.2, 0.25) is 0 Å². The molecular weight excluding hydrogens is 166 g/mol. The average Bonchev–Trinajstić information content (AvgIpc) is 2.16. The van der Waals surface area contributed by atoms with E-state index in [0.29, 0.717) is 6.54 Å². The van der Waals surface area contributed by atoms with Crippen LogP contribution in [0, 0.1) is 0 Å². The molecule has 0 saturated heterocycles. The highest BCUT2D eigenvalue weighted by Gasteiger charge is 1.88.